The summed E-state index contributed by atoms with van der Waals surface area (Å²) in [6, 6.07) is 15.6. The molecule has 2 N–H and O–H groups in total. The Kier molecular flexibility index (Phi) is 5.76. The zero-order valence-electron chi connectivity index (χ0n) is 17.9. The molecule has 0 spiro atoms. The standard InChI is InChI=1S/C28H14O7/c1-3-15-13-17-9-5-7-11-19(17)23(21(15)25(29)30)27(33)35-28(34)24-20-12-8-6-10-18(20)14-16(4-2)22(24)26(31)32/h1-2,5-14H,(H,29,30)(H,31,32). The van der Waals surface area contributed by atoms with Gasteiger partial charge in [-0.25, -0.2) is 19.2 Å². The molecular weight excluding hydrogens is 448 g/mol. The minimum Gasteiger partial charge on any atom is -0.478 e. The minimum absolute atomic E-state index is 0.0818. The van der Waals surface area contributed by atoms with E-state index in [9.17, 15) is 29.4 Å². The fourth-order valence-corrected chi connectivity index (χ4v) is 3.98. The number of carbonyl (C=O) groups excluding carboxylic acids is 2. The van der Waals surface area contributed by atoms with Crippen molar-refractivity contribution in [3.63, 3.8) is 0 Å². The number of terminal acetylenes is 2. The summed E-state index contributed by atoms with van der Waals surface area (Å²) in [5.74, 6) is -1.10. The number of carboxylic acid groups (broad SMARTS) is 2. The number of carboxylic acids is 2. The molecule has 0 heterocycles. The van der Waals surface area contributed by atoms with Crippen LogP contribution in [0.2, 0.25) is 0 Å². The lowest BCUT2D eigenvalue weighted by Crippen LogP contribution is -2.20. The summed E-state index contributed by atoms with van der Waals surface area (Å²) >= 11 is 0. The van der Waals surface area contributed by atoms with Crippen molar-refractivity contribution in [2.75, 3.05) is 0 Å². The van der Waals surface area contributed by atoms with Gasteiger partial charge in [-0.1, -0.05) is 60.4 Å². The summed E-state index contributed by atoms with van der Waals surface area (Å²) in [7, 11) is 0. The van der Waals surface area contributed by atoms with Crippen LogP contribution in [0.4, 0.5) is 0 Å². The maximum atomic E-state index is 13.2. The van der Waals surface area contributed by atoms with Crippen molar-refractivity contribution in [3.05, 3.63) is 94.0 Å². The first-order valence-corrected chi connectivity index (χ1v) is 10.1. The van der Waals surface area contributed by atoms with Gasteiger partial charge in [0.1, 0.15) is 0 Å². The maximum Gasteiger partial charge on any atom is 0.347 e. The summed E-state index contributed by atoms with van der Waals surface area (Å²) in [5, 5.41) is 20.9. The number of ether oxygens (including phenoxy) is 1. The Balaban J connectivity index is 1.94. The number of esters is 2. The van der Waals surface area contributed by atoms with Crippen LogP contribution in [0, 0.1) is 24.7 Å². The van der Waals surface area contributed by atoms with Crippen LogP contribution in [0.5, 0.6) is 0 Å². The van der Waals surface area contributed by atoms with Gasteiger partial charge in [-0.3, -0.25) is 0 Å². The van der Waals surface area contributed by atoms with Crippen LogP contribution < -0.4 is 0 Å². The van der Waals surface area contributed by atoms with E-state index < -0.39 is 46.1 Å². The second kappa shape index (κ2) is 8.86. The van der Waals surface area contributed by atoms with Crippen LogP contribution in [-0.2, 0) is 4.74 Å². The van der Waals surface area contributed by atoms with Crippen molar-refractivity contribution in [2.45, 2.75) is 0 Å². The second-order valence-corrected chi connectivity index (χ2v) is 7.37. The van der Waals surface area contributed by atoms with Crippen molar-refractivity contribution in [1.29, 1.82) is 0 Å². The van der Waals surface area contributed by atoms with Crippen LogP contribution in [0.25, 0.3) is 21.5 Å². The van der Waals surface area contributed by atoms with E-state index in [4.69, 9.17) is 17.6 Å². The van der Waals surface area contributed by atoms with Gasteiger partial charge in [-0.2, -0.15) is 0 Å². The largest absolute Gasteiger partial charge is 0.478 e. The van der Waals surface area contributed by atoms with Gasteiger partial charge in [0.25, 0.3) is 0 Å². The second-order valence-electron chi connectivity index (χ2n) is 7.37. The highest BCUT2D eigenvalue weighted by Crippen LogP contribution is 2.30. The fourth-order valence-electron chi connectivity index (χ4n) is 3.98. The van der Waals surface area contributed by atoms with E-state index in [2.05, 4.69) is 11.8 Å². The third-order valence-electron chi connectivity index (χ3n) is 5.43. The van der Waals surface area contributed by atoms with E-state index in [0.29, 0.717) is 10.8 Å². The number of aromatic carboxylic acids is 2. The van der Waals surface area contributed by atoms with Gasteiger partial charge in [-0.15, -0.1) is 12.8 Å². The van der Waals surface area contributed by atoms with Gasteiger partial charge >= 0.3 is 23.9 Å². The third-order valence-corrected chi connectivity index (χ3v) is 5.43. The molecular formula is C28H14O7. The summed E-state index contributed by atoms with van der Waals surface area (Å²) in [6.45, 7) is 0. The third kappa shape index (κ3) is 3.84. The first-order chi connectivity index (χ1) is 16.8. The molecule has 4 rings (SSSR count). The molecule has 4 aromatic rings. The molecule has 4 aromatic carbocycles. The molecule has 0 aromatic heterocycles. The Morgan fingerprint density at radius 3 is 1.34 bits per heavy atom. The first-order valence-electron chi connectivity index (χ1n) is 10.1. The van der Waals surface area contributed by atoms with Gasteiger partial charge in [0.15, 0.2) is 0 Å². The summed E-state index contributed by atoms with van der Waals surface area (Å²) in [4.78, 5) is 50.5. The number of hydrogen-bond acceptors (Lipinski definition) is 5. The average molecular weight is 462 g/mol. The van der Waals surface area contributed by atoms with Crippen molar-refractivity contribution < 1.29 is 34.1 Å². The molecule has 7 heteroatoms. The highest BCUT2D eigenvalue weighted by Gasteiger charge is 2.30. The van der Waals surface area contributed by atoms with Gasteiger partial charge in [-0.05, 0) is 33.7 Å². The zero-order valence-corrected chi connectivity index (χ0v) is 17.9. The van der Waals surface area contributed by atoms with Crippen LogP contribution >= 0.6 is 0 Å². The normalized spacial score (nSPS) is 10.3. The fraction of sp³-hybridized carbons (Fsp3) is 0. The topological polar surface area (TPSA) is 118 Å². The monoisotopic (exact) mass is 462 g/mol. The maximum absolute atomic E-state index is 13.2. The molecule has 0 aliphatic rings. The van der Waals surface area contributed by atoms with Gasteiger partial charge in [0.05, 0.1) is 22.3 Å². The predicted molar refractivity (Wildman–Crippen MR) is 127 cm³/mol. The van der Waals surface area contributed by atoms with E-state index in [0.717, 1.165) is 0 Å². The average Bonchev–Trinajstić information content (AvgIpc) is 2.85. The molecule has 0 aliphatic carbocycles. The molecule has 35 heavy (non-hydrogen) atoms. The van der Waals surface area contributed by atoms with Crippen molar-refractivity contribution in [1.82, 2.24) is 0 Å². The lowest BCUT2D eigenvalue weighted by atomic mass is 9.93. The van der Waals surface area contributed by atoms with E-state index in [-0.39, 0.29) is 21.9 Å². The Hall–Kier alpha value is -5.40. The molecule has 0 radical (unpaired) electrons. The molecule has 0 aliphatic heterocycles. The number of carbonyl (C=O) groups is 4. The Labute approximate surface area is 198 Å². The summed E-state index contributed by atoms with van der Waals surface area (Å²) in [6.07, 6.45) is 10.9. The van der Waals surface area contributed by atoms with Crippen LogP contribution in [0.3, 0.4) is 0 Å². The summed E-state index contributed by atoms with van der Waals surface area (Å²) in [5.41, 5.74) is -2.03. The number of benzene rings is 4. The minimum atomic E-state index is -1.49. The zero-order chi connectivity index (χ0) is 25.3. The quantitative estimate of drug-likeness (QED) is 0.263. The smallest absolute Gasteiger partial charge is 0.347 e. The van der Waals surface area contributed by atoms with Gasteiger partial charge < -0.3 is 14.9 Å². The molecule has 0 fully saturated rings. The van der Waals surface area contributed by atoms with Crippen LogP contribution in [-0.4, -0.2) is 34.1 Å². The molecule has 0 amide bonds. The highest BCUT2D eigenvalue weighted by atomic mass is 16.6. The lowest BCUT2D eigenvalue weighted by molar-refractivity contribution is 0.0389. The Morgan fingerprint density at radius 2 is 1.00 bits per heavy atom. The van der Waals surface area contributed by atoms with Crippen molar-refractivity contribution in [3.8, 4) is 24.7 Å². The van der Waals surface area contributed by atoms with Crippen molar-refractivity contribution in [2.24, 2.45) is 0 Å². The highest BCUT2D eigenvalue weighted by molar-refractivity contribution is 6.20. The first kappa shape index (κ1) is 22.8. The van der Waals surface area contributed by atoms with Gasteiger partial charge in [0, 0.05) is 11.1 Å². The molecule has 0 unspecified atom stereocenters. The van der Waals surface area contributed by atoms with Gasteiger partial charge in [0.2, 0.25) is 0 Å². The SMILES string of the molecule is C#Cc1cc2ccccc2c(C(=O)OC(=O)c2c(C(=O)O)c(C#C)cc3ccccc23)c1C(=O)O. The number of rotatable bonds is 4. The Morgan fingerprint density at radius 1 is 0.629 bits per heavy atom. The van der Waals surface area contributed by atoms with Crippen LogP contribution in [0.1, 0.15) is 52.6 Å². The summed E-state index contributed by atoms with van der Waals surface area (Å²) < 4.78 is 5.08. The Bertz CT molecular complexity index is 1550. The number of hydrogen-bond donors (Lipinski definition) is 2. The van der Waals surface area contributed by atoms with E-state index in [1.165, 1.54) is 24.3 Å². The van der Waals surface area contributed by atoms with Crippen LogP contribution in [0.15, 0.2) is 60.7 Å². The molecule has 0 saturated carbocycles. The molecule has 0 saturated heterocycles. The number of fused-ring (bicyclic) bond motifs is 2. The molecule has 0 atom stereocenters. The molecule has 7 nitrogen and oxygen atoms in total. The van der Waals surface area contributed by atoms with E-state index in [1.54, 1.807) is 36.4 Å². The predicted octanol–water partition coefficient (Wildman–Crippen LogP) is 4.35. The molecule has 0 bridgehead atoms. The van der Waals surface area contributed by atoms with Crippen molar-refractivity contribution >= 4 is 45.4 Å². The van der Waals surface area contributed by atoms with E-state index >= 15 is 0 Å². The lowest BCUT2D eigenvalue weighted by Gasteiger charge is -2.14. The molecule has 168 valence electrons. The van der Waals surface area contributed by atoms with E-state index in [1.807, 2.05) is 0 Å².